The molecule has 2 aliphatic rings. The largest absolute Gasteiger partial charge is 0.381 e. The molecular weight excluding hydrogens is 470 g/mol. The van der Waals surface area contributed by atoms with Crippen molar-refractivity contribution in [3.63, 3.8) is 0 Å². The SMILES string of the molecule is N#Cc1ccc(F)c(Nc2nc3cnc(NC4CCOCC4)nc3n2[C@H]2CC[C@@H](C(N)=O)CC2)c1F. The number of carbonyl (C=O) groups excluding carboxylic acids is 1. The van der Waals surface area contributed by atoms with E-state index in [1.165, 1.54) is 0 Å². The smallest absolute Gasteiger partial charge is 0.224 e. The zero-order valence-corrected chi connectivity index (χ0v) is 19.5. The maximum absolute atomic E-state index is 14.9. The minimum Gasteiger partial charge on any atom is -0.381 e. The first-order valence-electron chi connectivity index (χ1n) is 12.0. The van der Waals surface area contributed by atoms with Crippen molar-refractivity contribution in [1.29, 1.82) is 5.26 Å². The third kappa shape index (κ3) is 4.66. The molecule has 1 aliphatic carbocycles. The molecule has 2 aromatic heterocycles. The van der Waals surface area contributed by atoms with E-state index in [9.17, 15) is 18.8 Å². The van der Waals surface area contributed by atoms with Crippen molar-refractivity contribution in [2.75, 3.05) is 23.8 Å². The van der Waals surface area contributed by atoms with Crippen molar-refractivity contribution in [3.05, 3.63) is 35.5 Å². The molecule has 0 spiro atoms. The molecule has 0 bridgehead atoms. The number of aromatic nitrogens is 4. The molecule has 36 heavy (non-hydrogen) atoms. The molecule has 0 unspecified atom stereocenters. The first-order chi connectivity index (χ1) is 17.4. The maximum atomic E-state index is 14.9. The summed E-state index contributed by atoms with van der Waals surface area (Å²) in [7, 11) is 0. The molecule has 12 heteroatoms. The van der Waals surface area contributed by atoms with Crippen molar-refractivity contribution in [2.45, 2.75) is 50.6 Å². The minimum atomic E-state index is -0.999. The Morgan fingerprint density at radius 1 is 1.14 bits per heavy atom. The van der Waals surface area contributed by atoms with E-state index in [4.69, 9.17) is 15.5 Å². The van der Waals surface area contributed by atoms with Crippen LogP contribution in [0.25, 0.3) is 11.2 Å². The summed E-state index contributed by atoms with van der Waals surface area (Å²) in [5.41, 5.74) is 5.70. The van der Waals surface area contributed by atoms with Crippen molar-refractivity contribution >= 4 is 34.7 Å². The molecule has 4 N–H and O–H groups in total. The topological polar surface area (TPSA) is 144 Å². The predicted molar refractivity (Wildman–Crippen MR) is 127 cm³/mol. The van der Waals surface area contributed by atoms with Crippen LogP contribution in [0.1, 0.15) is 50.1 Å². The van der Waals surface area contributed by atoms with Crippen LogP contribution in [0.2, 0.25) is 0 Å². The van der Waals surface area contributed by atoms with Gasteiger partial charge in [-0.2, -0.15) is 10.2 Å². The summed E-state index contributed by atoms with van der Waals surface area (Å²) in [6, 6.07) is 3.88. The molecule has 1 saturated carbocycles. The normalized spacial score (nSPS) is 20.7. The highest BCUT2D eigenvalue weighted by Crippen LogP contribution is 2.37. The molecule has 3 aromatic rings. The Kier molecular flexibility index (Phi) is 6.65. The number of amides is 1. The third-order valence-corrected chi connectivity index (χ3v) is 6.90. The number of nitrogens with zero attached hydrogens (tertiary/aromatic N) is 5. The molecule has 1 saturated heterocycles. The summed E-state index contributed by atoms with van der Waals surface area (Å²) in [6.45, 7) is 1.32. The zero-order valence-electron chi connectivity index (χ0n) is 19.5. The molecule has 5 rings (SSSR count). The highest BCUT2D eigenvalue weighted by atomic mass is 19.1. The summed E-state index contributed by atoms with van der Waals surface area (Å²) < 4.78 is 36.7. The van der Waals surface area contributed by atoms with E-state index in [0.29, 0.717) is 56.0 Å². The molecular formula is C24H26F2N8O2. The number of ether oxygens (including phenoxy) is 1. The second kappa shape index (κ2) is 10.0. The van der Waals surface area contributed by atoms with Crippen LogP contribution in [0, 0.1) is 28.9 Å². The van der Waals surface area contributed by atoms with E-state index in [1.54, 1.807) is 16.8 Å². The van der Waals surface area contributed by atoms with Gasteiger partial charge >= 0.3 is 0 Å². The van der Waals surface area contributed by atoms with E-state index in [2.05, 4.69) is 20.6 Å². The summed E-state index contributed by atoms with van der Waals surface area (Å²) in [5, 5.41) is 15.3. The van der Waals surface area contributed by atoms with Crippen LogP contribution in [0.5, 0.6) is 0 Å². The van der Waals surface area contributed by atoms with Crippen molar-refractivity contribution < 1.29 is 18.3 Å². The molecule has 10 nitrogen and oxygen atoms in total. The fourth-order valence-electron chi connectivity index (χ4n) is 4.90. The number of carbonyl (C=O) groups is 1. The molecule has 0 radical (unpaired) electrons. The van der Waals surface area contributed by atoms with Gasteiger partial charge in [0.2, 0.25) is 17.8 Å². The van der Waals surface area contributed by atoms with Gasteiger partial charge in [-0.25, -0.2) is 18.7 Å². The van der Waals surface area contributed by atoms with Crippen LogP contribution >= 0.6 is 0 Å². The van der Waals surface area contributed by atoms with Crippen LogP contribution in [0.3, 0.4) is 0 Å². The number of nitrogens with one attached hydrogen (secondary N) is 2. The predicted octanol–water partition coefficient (Wildman–Crippen LogP) is 3.53. The zero-order chi connectivity index (χ0) is 25.2. The fourth-order valence-corrected chi connectivity index (χ4v) is 4.90. The van der Waals surface area contributed by atoms with Gasteiger partial charge in [-0.1, -0.05) is 0 Å². The van der Waals surface area contributed by atoms with Gasteiger partial charge < -0.3 is 21.1 Å². The quantitative estimate of drug-likeness (QED) is 0.470. The first-order valence-corrected chi connectivity index (χ1v) is 12.0. The minimum absolute atomic E-state index is 0.135. The van der Waals surface area contributed by atoms with E-state index >= 15 is 0 Å². The number of imidazole rings is 1. The number of anilines is 3. The highest BCUT2D eigenvalue weighted by molar-refractivity contribution is 5.78. The van der Waals surface area contributed by atoms with Crippen molar-refractivity contribution in [3.8, 4) is 6.07 Å². The standard InChI is InChI=1S/C24H26F2N8O2/c25-17-6-3-14(11-27)19(26)20(17)32-24-31-18-12-29-23(30-15-7-9-36-10-8-15)33-22(18)34(24)16-4-1-13(2-5-16)21(28)35/h3,6,12-13,15-16H,1-2,4-5,7-10H2,(H2,28,35)(H,31,32)(H,29,30,33)/t13-,16+. The lowest BCUT2D eigenvalue weighted by molar-refractivity contribution is -0.122. The second-order valence-corrected chi connectivity index (χ2v) is 9.17. The Morgan fingerprint density at radius 2 is 1.89 bits per heavy atom. The number of hydrogen-bond acceptors (Lipinski definition) is 8. The number of nitrogens with two attached hydrogens (primary N) is 1. The number of rotatable bonds is 6. The highest BCUT2D eigenvalue weighted by Gasteiger charge is 2.30. The first kappa shape index (κ1) is 23.9. The van der Waals surface area contributed by atoms with Gasteiger partial charge in [0, 0.05) is 31.2 Å². The number of hydrogen-bond donors (Lipinski definition) is 3. The monoisotopic (exact) mass is 496 g/mol. The van der Waals surface area contributed by atoms with Gasteiger partial charge in [-0.05, 0) is 50.7 Å². The number of nitriles is 1. The Bertz CT molecular complexity index is 1320. The van der Waals surface area contributed by atoms with Crippen LogP contribution < -0.4 is 16.4 Å². The lowest BCUT2D eigenvalue weighted by atomic mass is 9.85. The summed E-state index contributed by atoms with van der Waals surface area (Å²) >= 11 is 0. The Morgan fingerprint density at radius 3 is 2.58 bits per heavy atom. The molecule has 188 valence electrons. The van der Waals surface area contributed by atoms with E-state index in [-0.39, 0.29) is 35.4 Å². The number of primary amides is 1. The van der Waals surface area contributed by atoms with Crippen LogP contribution in [-0.2, 0) is 9.53 Å². The van der Waals surface area contributed by atoms with Crippen LogP contribution in [0.15, 0.2) is 18.3 Å². The molecule has 1 amide bonds. The molecule has 1 aliphatic heterocycles. The molecule has 1 aromatic carbocycles. The number of halogens is 2. The van der Waals surface area contributed by atoms with E-state index in [0.717, 1.165) is 25.0 Å². The lowest BCUT2D eigenvalue weighted by Crippen LogP contribution is -2.29. The fraction of sp³-hybridized carbons (Fsp3) is 0.458. The molecule has 3 heterocycles. The van der Waals surface area contributed by atoms with Gasteiger partial charge in [0.1, 0.15) is 23.1 Å². The maximum Gasteiger partial charge on any atom is 0.224 e. The molecule has 2 fully saturated rings. The lowest BCUT2D eigenvalue weighted by Gasteiger charge is -2.29. The van der Waals surface area contributed by atoms with Gasteiger partial charge in [-0.3, -0.25) is 9.36 Å². The summed E-state index contributed by atoms with van der Waals surface area (Å²) in [6.07, 6.45) is 5.64. The number of benzene rings is 1. The number of fused-ring (bicyclic) bond motifs is 1. The van der Waals surface area contributed by atoms with E-state index < -0.39 is 17.3 Å². The Balaban J connectivity index is 1.54. The van der Waals surface area contributed by atoms with Gasteiger partial charge in [0.15, 0.2) is 11.5 Å². The van der Waals surface area contributed by atoms with Crippen LogP contribution in [-0.4, -0.2) is 44.7 Å². The third-order valence-electron chi connectivity index (χ3n) is 6.90. The van der Waals surface area contributed by atoms with Crippen molar-refractivity contribution in [1.82, 2.24) is 19.5 Å². The summed E-state index contributed by atoms with van der Waals surface area (Å²) in [4.78, 5) is 25.3. The molecule has 0 atom stereocenters. The van der Waals surface area contributed by atoms with Crippen molar-refractivity contribution in [2.24, 2.45) is 11.7 Å². The average molecular weight is 497 g/mol. The second-order valence-electron chi connectivity index (χ2n) is 9.17. The van der Waals surface area contributed by atoms with Gasteiger partial charge in [0.25, 0.3) is 0 Å². The van der Waals surface area contributed by atoms with Gasteiger partial charge in [-0.15, -0.1) is 0 Å². The Labute approximate surface area is 205 Å². The Hall–Kier alpha value is -3.85. The van der Waals surface area contributed by atoms with Gasteiger partial charge in [0.05, 0.1) is 11.8 Å². The average Bonchev–Trinajstić information content (AvgIpc) is 3.24. The summed E-state index contributed by atoms with van der Waals surface area (Å²) in [5.74, 6) is -1.79. The van der Waals surface area contributed by atoms with E-state index in [1.807, 2.05) is 0 Å². The van der Waals surface area contributed by atoms with Crippen LogP contribution in [0.4, 0.5) is 26.4 Å².